The Hall–Kier alpha value is -4.24. The second-order valence-corrected chi connectivity index (χ2v) is 10.8. The highest BCUT2D eigenvalue weighted by atomic mass is 15.1. The minimum absolute atomic E-state index is 0.0461. The molecule has 4 aromatic carbocycles. The van der Waals surface area contributed by atoms with Gasteiger partial charge in [0.15, 0.2) is 0 Å². The molecule has 0 bridgehead atoms. The first kappa shape index (κ1) is 25.1. The molecule has 2 aliphatic rings. The Morgan fingerprint density at radius 2 is 1.31 bits per heavy atom. The van der Waals surface area contributed by atoms with Crippen LogP contribution in [0.2, 0.25) is 0 Å². The lowest BCUT2D eigenvalue weighted by Crippen LogP contribution is -2.23. The molecule has 0 unspecified atom stereocenters. The molecule has 0 N–H and O–H groups in total. The molecule has 0 aromatic heterocycles. The van der Waals surface area contributed by atoms with Gasteiger partial charge < -0.3 is 4.90 Å². The zero-order valence-electron chi connectivity index (χ0n) is 23.2. The van der Waals surface area contributed by atoms with Crippen LogP contribution >= 0.6 is 0 Å². The Bertz CT molecular complexity index is 1540. The van der Waals surface area contributed by atoms with Crippen LogP contribution in [0.3, 0.4) is 0 Å². The molecule has 1 heterocycles. The molecular formula is C36H35N3. The number of benzene rings is 4. The van der Waals surface area contributed by atoms with E-state index in [0.29, 0.717) is 5.92 Å². The number of hydrogen-bond acceptors (Lipinski definition) is 3. The third-order valence-electron chi connectivity index (χ3n) is 8.46. The maximum atomic E-state index is 4.56. The van der Waals surface area contributed by atoms with Crippen molar-refractivity contribution in [2.75, 3.05) is 4.90 Å². The van der Waals surface area contributed by atoms with Crippen molar-refractivity contribution in [1.29, 1.82) is 0 Å². The van der Waals surface area contributed by atoms with Crippen LogP contribution in [-0.4, -0.2) is 12.6 Å². The lowest BCUT2D eigenvalue weighted by Gasteiger charge is -2.32. The van der Waals surface area contributed by atoms with Crippen molar-refractivity contribution >= 4 is 35.2 Å². The predicted octanol–water partition coefficient (Wildman–Crippen LogP) is 9.72. The van der Waals surface area contributed by atoms with Gasteiger partial charge in [-0.1, -0.05) is 82.3 Å². The number of anilines is 3. The van der Waals surface area contributed by atoms with Crippen LogP contribution in [0.4, 0.5) is 17.1 Å². The molecule has 0 fully saturated rings. The molecule has 3 nitrogen and oxygen atoms in total. The fourth-order valence-corrected chi connectivity index (χ4v) is 6.55. The first-order chi connectivity index (χ1) is 19.1. The molecule has 0 saturated heterocycles. The van der Waals surface area contributed by atoms with Gasteiger partial charge in [-0.25, -0.2) is 9.98 Å². The van der Waals surface area contributed by atoms with E-state index in [4.69, 9.17) is 0 Å². The summed E-state index contributed by atoms with van der Waals surface area (Å²) >= 11 is 0. The number of aliphatic imine (C=N–C) groups is 2. The van der Waals surface area contributed by atoms with Gasteiger partial charge in [-0.3, -0.25) is 0 Å². The van der Waals surface area contributed by atoms with E-state index in [1.165, 1.54) is 39.1 Å². The minimum atomic E-state index is -0.0461. The van der Waals surface area contributed by atoms with Gasteiger partial charge in [0.25, 0.3) is 0 Å². The Morgan fingerprint density at radius 1 is 0.718 bits per heavy atom. The van der Waals surface area contributed by atoms with Crippen LogP contribution in [0.15, 0.2) is 113 Å². The van der Waals surface area contributed by atoms with E-state index >= 15 is 0 Å². The van der Waals surface area contributed by atoms with Gasteiger partial charge in [0.05, 0.1) is 11.9 Å². The zero-order valence-corrected chi connectivity index (χ0v) is 23.2. The highest BCUT2D eigenvalue weighted by Gasteiger charge is 2.41. The third-order valence-corrected chi connectivity index (χ3v) is 8.46. The van der Waals surface area contributed by atoms with Crippen LogP contribution in [0, 0.1) is 5.92 Å². The third kappa shape index (κ3) is 4.13. The van der Waals surface area contributed by atoms with Gasteiger partial charge in [0.2, 0.25) is 0 Å². The van der Waals surface area contributed by atoms with Crippen LogP contribution in [0.1, 0.15) is 57.2 Å². The van der Waals surface area contributed by atoms with E-state index < -0.39 is 0 Å². The molecule has 39 heavy (non-hydrogen) atoms. The Balaban J connectivity index is 1.52. The summed E-state index contributed by atoms with van der Waals surface area (Å²) < 4.78 is 0. The molecule has 6 rings (SSSR count). The molecule has 194 valence electrons. The first-order valence-electron chi connectivity index (χ1n) is 14.1. The summed E-state index contributed by atoms with van der Waals surface area (Å²) in [4.78, 5) is 11.2. The summed E-state index contributed by atoms with van der Waals surface area (Å²) in [5.74, 6) is 0.345. The second-order valence-electron chi connectivity index (χ2n) is 10.8. The predicted molar refractivity (Wildman–Crippen MR) is 167 cm³/mol. The summed E-state index contributed by atoms with van der Waals surface area (Å²) in [6.45, 7) is 9.16. The van der Waals surface area contributed by atoms with E-state index in [9.17, 15) is 0 Å². The number of allylic oxidation sites excluding steroid dienone is 2. The minimum Gasteiger partial charge on any atom is -0.310 e. The van der Waals surface area contributed by atoms with Crippen molar-refractivity contribution < 1.29 is 0 Å². The maximum Gasteiger partial charge on any atom is 0.116 e. The molecule has 1 aliphatic heterocycles. The van der Waals surface area contributed by atoms with Crippen LogP contribution in [0.25, 0.3) is 16.7 Å². The van der Waals surface area contributed by atoms with Gasteiger partial charge >= 0.3 is 0 Å². The monoisotopic (exact) mass is 509 g/mol. The Labute approximate surface area is 232 Å². The summed E-state index contributed by atoms with van der Waals surface area (Å²) in [7, 11) is 0. The van der Waals surface area contributed by atoms with Gasteiger partial charge in [-0.15, -0.1) is 0 Å². The fourth-order valence-electron chi connectivity index (χ4n) is 6.55. The molecule has 0 saturated carbocycles. The topological polar surface area (TPSA) is 28.0 Å². The van der Waals surface area contributed by atoms with E-state index in [1.54, 1.807) is 6.34 Å². The van der Waals surface area contributed by atoms with E-state index in [1.807, 2.05) is 6.21 Å². The first-order valence-corrected chi connectivity index (χ1v) is 14.1. The average molecular weight is 510 g/mol. The molecular weight excluding hydrogens is 474 g/mol. The van der Waals surface area contributed by atoms with Crippen molar-refractivity contribution in [2.45, 2.75) is 46.0 Å². The van der Waals surface area contributed by atoms with Gasteiger partial charge in [0.1, 0.15) is 6.34 Å². The highest BCUT2D eigenvalue weighted by molar-refractivity contribution is 5.99. The molecule has 0 spiro atoms. The van der Waals surface area contributed by atoms with Gasteiger partial charge in [-0.05, 0) is 94.6 Å². The maximum absolute atomic E-state index is 4.56. The number of nitrogens with zero attached hydrogens (tertiary/aromatic N) is 3. The number of rotatable bonds is 7. The molecule has 0 amide bonds. The van der Waals surface area contributed by atoms with Crippen molar-refractivity contribution in [3.8, 4) is 11.1 Å². The van der Waals surface area contributed by atoms with Crippen molar-refractivity contribution in [3.05, 3.63) is 119 Å². The van der Waals surface area contributed by atoms with E-state index in [0.717, 1.165) is 29.9 Å². The molecule has 3 heteroatoms. The Kier molecular flexibility index (Phi) is 6.52. The van der Waals surface area contributed by atoms with E-state index in [2.05, 4.69) is 140 Å². The summed E-state index contributed by atoms with van der Waals surface area (Å²) in [6.07, 6.45) is 5.62. The van der Waals surface area contributed by atoms with Crippen LogP contribution in [-0.2, 0) is 5.41 Å². The summed E-state index contributed by atoms with van der Waals surface area (Å²) in [5, 5.41) is 0. The standard InChI is InChI=1S/C36H35N3/c1-5-36(6-2)32-21-26(35(25(3)4)34-23-37-24-38-34)17-19-30(32)31-20-18-29(22-33(31)36)39(27-13-9-7-10-14-27)28-15-11-8-12-16-28/h7-25H,5-6H2,1-4H3/b35-34+. The number of hydrogen-bond donors (Lipinski definition) is 0. The zero-order chi connectivity index (χ0) is 27.0. The van der Waals surface area contributed by atoms with Crippen molar-refractivity contribution in [1.82, 2.24) is 0 Å². The van der Waals surface area contributed by atoms with Crippen molar-refractivity contribution in [3.63, 3.8) is 0 Å². The average Bonchev–Trinajstić information content (AvgIpc) is 3.59. The normalized spacial score (nSPS) is 15.9. The quantitative estimate of drug-likeness (QED) is 0.244. The smallest absolute Gasteiger partial charge is 0.116 e. The van der Waals surface area contributed by atoms with E-state index in [-0.39, 0.29) is 5.41 Å². The van der Waals surface area contributed by atoms with Crippen molar-refractivity contribution in [2.24, 2.45) is 15.9 Å². The molecule has 4 aromatic rings. The Morgan fingerprint density at radius 3 is 1.85 bits per heavy atom. The molecule has 0 radical (unpaired) electrons. The second kappa shape index (κ2) is 10.1. The van der Waals surface area contributed by atoms with Crippen LogP contribution < -0.4 is 4.90 Å². The molecule has 0 atom stereocenters. The van der Waals surface area contributed by atoms with Crippen LogP contribution in [0.5, 0.6) is 0 Å². The summed E-state index contributed by atoms with van der Waals surface area (Å²) in [6, 6.07) is 35.4. The molecule has 1 aliphatic carbocycles. The van der Waals surface area contributed by atoms with Gasteiger partial charge in [0, 0.05) is 22.5 Å². The van der Waals surface area contributed by atoms with Gasteiger partial charge in [-0.2, -0.15) is 0 Å². The number of fused-ring (bicyclic) bond motifs is 3. The fraction of sp³-hybridized carbons (Fsp3) is 0.222. The lowest BCUT2D eigenvalue weighted by atomic mass is 9.73. The summed E-state index contributed by atoms with van der Waals surface area (Å²) in [5.41, 5.74) is 12.5. The number of para-hydroxylation sites is 2. The highest BCUT2D eigenvalue weighted by Crippen LogP contribution is 2.55. The lowest BCUT2D eigenvalue weighted by molar-refractivity contribution is 0.490. The SMILES string of the molecule is CCC1(CC)c2cc(/C(=C3\C=NC=N3)C(C)C)ccc2-c2ccc(N(c3ccccc3)c3ccccc3)cc21. The largest absolute Gasteiger partial charge is 0.310 e.